The molecule has 3 rings (SSSR count). The molecular weight excluding hydrogens is 358 g/mol. The number of methoxy groups -OCH3 is 1. The maximum atomic E-state index is 10.8. The molecule has 0 fully saturated rings. The number of hydrogen-bond donors (Lipinski definition) is 1. The predicted octanol–water partition coefficient (Wildman–Crippen LogP) is 4.63. The van der Waals surface area contributed by atoms with Crippen LogP contribution in [0.3, 0.4) is 0 Å². The van der Waals surface area contributed by atoms with Gasteiger partial charge in [-0.2, -0.15) is 5.10 Å². The molecular formula is C21H19N3O4. The van der Waals surface area contributed by atoms with Crippen molar-refractivity contribution >= 4 is 17.6 Å². The molecule has 0 aromatic heterocycles. The van der Waals surface area contributed by atoms with Gasteiger partial charge in [0.15, 0.2) is 11.5 Å². The van der Waals surface area contributed by atoms with Crippen LogP contribution >= 0.6 is 0 Å². The number of nitrogens with one attached hydrogen (secondary N) is 1. The Kier molecular flexibility index (Phi) is 6.20. The molecule has 1 N–H and O–H groups in total. The van der Waals surface area contributed by atoms with E-state index in [-0.39, 0.29) is 5.69 Å². The number of nitro groups is 1. The lowest BCUT2D eigenvalue weighted by Gasteiger charge is -2.11. The zero-order valence-corrected chi connectivity index (χ0v) is 15.2. The number of nitrogens with zero attached hydrogens (tertiary/aromatic N) is 2. The molecule has 7 heteroatoms. The topological polar surface area (TPSA) is 86.0 Å². The van der Waals surface area contributed by atoms with E-state index in [2.05, 4.69) is 10.5 Å². The fourth-order valence-corrected chi connectivity index (χ4v) is 2.49. The summed E-state index contributed by atoms with van der Waals surface area (Å²) in [6.45, 7) is 0.420. The Morgan fingerprint density at radius 2 is 1.86 bits per heavy atom. The Morgan fingerprint density at radius 1 is 1.04 bits per heavy atom. The Balaban J connectivity index is 1.69. The molecule has 0 radical (unpaired) electrons. The lowest BCUT2D eigenvalue weighted by molar-refractivity contribution is -0.384. The van der Waals surface area contributed by atoms with E-state index in [0.29, 0.717) is 23.8 Å². The van der Waals surface area contributed by atoms with Crippen LogP contribution in [0, 0.1) is 10.1 Å². The first kappa shape index (κ1) is 18.9. The minimum Gasteiger partial charge on any atom is -0.493 e. The van der Waals surface area contributed by atoms with Crippen molar-refractivity contribution in [2.75, 3.05) is 12.5 Å². The van der Waals surface area contributed by atoms with Gasteiger partial charge in [0.1, 0.15) is 6.61 Å². The normalized spacial score (nSPS) is 10.6. The SMILES string of the molecule is COc1ccc(C=NNc2cccc([N+](=O)[O-])c2)cc1OCc1ccccc1. The second-order valence-electron chi connectivity index (χ2n) is 5.86. The highest BCUT2D eigenvalue weighted by atomic mass is 16.6. The third-order valence-electron chi connectivity index (χ3n) is 3.89. The summed E-state index contributed by atoms with van der Waals surface area (Å²) < 4.78 is 11.2. The van der Waals surface area contributed by atoms with Crippen molar-refractivity contribution in [3.63, 3.8) is 0 Å². The number of benzene rings is 3. The summed E-state index contributed by atoms with van der Waals surface area (Å²) in [5, 5.41) is 15.0. The van der Waals surface area contributed by atoms with Crippen LogP contribution in [-0.2, 0) is 6.61 Å². The Bertz CT molecular complexity index is 974. The van der Waals surface area contributed by atoms with Crippen LogP contribution < -0.4 is 14.9 Å². The van der Waals surface area contributed by atoms with E-state index in [4.69, 9.17) is 9.47 Å². The van der Waals surface area contributed by atoms with Gasteiger partial charge in [-0.25, -0.2) is 0 Å². The lowest BCUT2D eigenvalue weighted by Crippen LogP contribution is -1.99. The van der Waals surface area contributed by atoms with Crippen LogP contribution in [0.5, 0.6) is 11.5 Å². The zero-order valence-electron chi connectivity index (χ0n) is 15.2. The largest absolute Gasteiger partial charge is 0.493 e. The fourth-order valence-electron chi connectivity index (χ4n) is 2.49. The van der Waals surface area contributed by atoms with E-state index >= 15 is 0 Å². The second-order valence-corrected chi connectivity index (χ2v) is 5.86. The van der Waals surface area contributed by atoms with Gasteiger partial charge in [0.25, 0.3) is 5.69 Å². The average molecular weight is 377 g/mol. The van der Waals surface area contributed by atoms with Crippen molar-refractivity contribution in [2.24, 2.45) is 5.10 Å². The molecule has 0 amide bonds. The summed E-state index contributed by atoms with van der Waals surface area (Å²) in [6, 6.07) is 21.4. The molecule has 0 aliphatic heterocycles. The van der Waals surface area contributed by atoms with Crippen molar-refractivity contribution in [3.8, 4) is 11.5 Å². The number of anilines is 1. The molecule has 0 unspecified atom stereocenters. The van der Waals surface area contributed by atoms with Crippen LogP contribution in [0.4, 0.5) is 11.4 Å². The third kappa shape index (κ3) is 5.07. The van der Waals surface area contributed by atoms with Gasteiger partial charge in [-0.1, -0.05) is 36.4 Å². The number of rotatable bonds is 8. The number of ether oxygens (including phenoxy) is 2. The van der Waals surface area contributed by atoms with Crippen LogP contribution in [0.2, 0.25) is 0 Å². The standard InChI is InChI=1S/C21H19N3O4/c1-27-20-11-10-17(12-21(20)28-15-16-6-3-2-4-7-16)14-22-23-18-8-5-9-19(13-18)24(25)26/h2-14,23H,15H2,1H3. The van der Waals surface area contributed by atoms with E-state index in [9.17, 15) is 10.1 Å². The maximum Gasteiger partial charge on any atom is 0.271 e. The predicted molar refractivity (Wildman–Crippen MR) is 108 cm³/mol. The molecule has 3 aromatic rings. The Morgan fingerprint density at radius 3 is 2.61 bits per heavy atom. The summed E-state index contributed by atoms with van der Waals surface area (Å²) in [5.74, 6) is 1.23. The first-order valence-corrected chi connectivity index (χ1v) is 8.54. The Hall–Kier alpha value is -3.87. The number of hydrazone groups is 1. The number of non-ortho nitro benzene ring substituents is 1. The molecule has 0 heterocycles. The summed E-state index contributed by atoms with van der Waals surface area (Å²) in [5.41, 5.74) is 5.16. The summed E-state index contributed by atoms with van der Waals surface area (Å²) in [6.07, 6.45) is 1.60. The fraction of sp³-hybridized carbons (Fsp3) is 0.0952. The smallest absolute Gasteiger partial charge is 0.271 e. The van der Waals surface area contributed by atoms with E-state index in [0.717, 1.165) is 11.1 Å². The van der Waals surface area contributed by atoms with Crippen LogP contribution in [-0.4, -0.2) is 18.2 Å². The summed E-state index contributed by atoms with van der Waals surface area (Å²) >= 11 is 0. The van der Waals surface area contributed by atoms with Gasteiger partial charge in [0, 0.05) is 12.1 Å². The molecule has 7 nitrogen and oxygen atoms in total. The van der Waals surface area contributed by atoms with E-state index in [1.54, 1.807) is 31.5 Å². The lowest BCUT2D eigenvalue weighted by atomic mass is 10.2. The highest BCUT2D eigenvalue weighted by Gasteiger charge is 2.06. The molecule has 0 aliphatic rings. The molecule has 0 saturated heterocycles. The van der Waals surface area contributed by atoms with Crippen molar-refractivity contribution in [2.45, 2.75) is 6.61 Å². The highest BCUT2D eigenvalue weighted by molar-refractivity contribution is 5.81. The molecule has 142 valence electrons. The molecule has 0 aliphatic carbocycles. The van der Waals surface area contributed by atoms with E-state index in [1.807, 2.05) is 42.5 Å². The van der Waals surface area contributed by atoms with Gasteiger partial charge in [-0.05, 0) is 35.4 Å². The van der Waals surface area contributed by atoms with Crippen LogP contribution in [0.25, 0.3) is 0 Å². The number of nitro benzene ring substituents is 1. The van der Waals surface area contributed by atoms with Crippen molar-refractivity contribution in [3.05, 3.63) is 94.0 Å². The van der Waals surface area contributed by atoms with Crippen LogP contribution in [0.15, 0.2) is 77.9 Å². The molecule has 0 saturated carbocycles. The van der Waals surface area contributed by atoms with Crippen molar-refractivity contribution < 1.29 is 14.4 Å². The molecule has 0 bridgehead atoms. The van der Waals surface area contributed by atoms with Gasteiger partial charge >= 0.3 is 0 Å². The van der Waals surface area contributed by atoms with Gasteiger partial charge in [-0.15, -0.1) is 0 Å². The zero-order chi connectivity index (χ0) is 19.8. The number of hydrogen-bond acceptors (Lipinski definition) is 6. The minimum absolute atomic E-state index is 0.00115. The van der Waals surface area contributed by atoms with Gasteiger partial charge in [-0.3, -0.25) is 15.5 Å². The quantitative estimate of drug-likeness (QED) is 0.351. The molecule has 0 atom stereocenters. The van der Waals surface area contributed by atoms with Gasteiger partial charge in [0.2, 0.25) is 0 Å². The average Bonchev–Trinajstić information content (AvgIpc) is 2.73. The maximum absolute atomic E-state index is 10.8. The first-order valence-electron chi connectivity index (χ1n) is 8.54. The Labute approximate surface area is 162 Å². The van der Waals surface area contributed by atoms with Gasteiger partial charge in [0.05, 0.1) is 23.9 Å². The summed E-state index contributed by atoms with van der Waals surface area (Å²) in [7, 11) is 1.59. The van der Waals surface area contributed by atoms with Crippen LogP contribution in [0.1, 0.15) is 11.1 Å². The third-order valence-corrected chi connectivity index (χ3v) is 3.89. The minimum atomic E-state index is -0.450. The first-order chi connectivity index (χ1) is 13.7. The monoisotopic (exact) mass is 377 g/mol. The van der Waals surface area contributed by atoms with E-state index < -0.39 is 4.92 Å². The molecule has 3 aromatic carbocycles. The van der Waals surface area contributed by atoms with Crippen molar-refractivity contribution in [1.82, 2.24) is 0 Å². The second kappa shape index (κ2) is 9.18. The summed E-state index contributed by atoms with van der Waals surface area (Å²) in [4.78, 5) is 10.4. The molecule has 0 spiro atoms. The van der Waals surface area contributed by atoms with Crippen molar-refractivity contribution in [1.29, 1.82) is 0 Å². The molecule has 28 heavy (non-hydrogen) atoms. The van der Waals surface area contributed by atoms with E-state index in [1.165, 1.54) is 12.1 Å². The highest BCUT2D eigenvalue weighted by Crippen LogP contribution is 2.28. The van der Waals surface area contributed by atoms with Gasteiger partial charge < -0.3 is 9.47 Å².